The SMILES string of the molecule is COc1ccccc1CCNC(=O)C1(C)Oc2ccc(C)cc2N(C)C1=O. The van der Waals surface area contributed by atoms with Gasteiger partial charge >= 0.3 is 0 Å². The second-order valence-electron chi connectivity index (χ2n) is 6.79. The Labute approximate surface area is 159 Å². The van der Waals surface area contributed by atoms with E-state index in [1.807, 2.05) is 43.3 Å². The van der Waals surface area contributed by atoms with Gasteiger partial charge in [0.15, 0.2) is 0 Å². The van der Waals surface area contributed by atoms with Crippen LogP contribution in [0.4, 0.5) is 5.69 Å². The molecule has 6 nitrogen and oxygen atoms in total. The number of benzene rings is 2. The molecule has 0 radical (unpaired) electrons. The molecule has 1 aliphatic rings. The predicted octanol–water partition coefficient (Wildman–Crippen LogP) is 2.48. The molecule has 1 N–H and O–H groups in total. The van der Waals surface area contributed by atoms with Crippen LogP contribution in [0, 0.1) is 6.92 Å². The molecule has 0 fully saturated rings. The molecule has 1 unspecified atom stereocenters. The van der Waals surface area contributed by atoms with Gasteiger partial charge in [0.25, 0.3) is 17.4 Å². The van der Waals surface area contributed by atoms with Crippen molar-refractivity contribution in [3.8, 4) is 11.5 Å². The van der Waals surface area contributed by atoms with Gasteiger partial charge in [-0.05, 0) is 49.6 Å². The number of fused-ring (bicyclic) bond motifs is 1. The molecule has 2 aromatic carbocycles. The Morgan fingerprint density at radius 2 is 2.00 bits per heavy atom. The number of ether oxygens (including phenoxy) is 2. The fourth-order valence-corrected chi connectivity index (χ4v) is 3.20. The molecule has 1 aliphatic heterocycles. The Morgan fingerprint density at radius 1 is 1.26 bits per heavy atom. The highest BCUT2D eigenvalue weighted by Gasteiger charge is 2.49. The lowest BCUT2D eigenvalue weighted by atomic mass is 9.99. The number of anilines is 1. The average molecular weight is 368 g/mol. The van der Waals surface area contributed by atoms with Crippen LogP contribution in [0.5, 0.6) is 11.5 Å². The van der Waals surface area contributed by atoms with Gasteiger partial charge in [-0.25, -0.2) is 0 Å². The van der Waals surface area contributed by atoms with Crippen molar-refractivity contribution >= 4 is 17.5 Å². The number of nitrogens with one attached hydrogen (secondary N) is 1. The van der Waals surface area contributed by atoms with Crippen LogP contribution in [-0.4, -0.2) is 38.1 Å². The standard InChI is InChI=1S/C21H24N2O4/c1-14-9-10-18-16(13-14)23(3)20(25)21(2,27-18)19(24)22-12-11-15-7-5-6-8-17(15)26-4/h5-10,13H,11-12H2,1-4H3,(H,22,24). The van der Waals surface area contributed by atoms with Crippen molar-refractivity contribution in [1.29, 1.82) is 0 Å². The number of carbonyl (C=O) groups is 2. The number of carbonyl (C=O) groups excluding carboxylic acids is 2. The van der Waals surface area contributed by atoms with Crippen LogP contribution in [0.2, 0.25) is 0 Å². The van der Waals surface area contributed by atoms with Crippen LogP contribution >= 0.6 is 0 Å². The highest BCUT2D eigenvalue weighted by molar-refractivity contribution is 6.16. The predicted molar refractivity (Wildman–Crippen MR) is 103 cm³/mol. The Morgan fingerprint density at radius 3 is 2.74 bits per heavy atom. The highest BCUT2D eigenvalue weighted by atomic mass is 16.5. The van der Waals surface area contributed by atoms with E-state index in [9.17, 15) is 9.59 Å². The topological polar surface area (TPSA) is 67.9 Å². The molecule has 0 bridgehead atoms. The smallest absolute Gasteiger partial charge is 0.280 e. The second kappa shape index (κ2) is 7.31. The summed E-state index contributed by atoms with van der Waals surface area (Å²) >= 11 is 0. The average Bonchev–Trinajstić information content (AvgIpc) is 2.67. The summed E-state index contributed by atoms with van der Waals surface area (Å²) in [5.74, 6) is 0.438. The first-order valence-electron chi connectivity index (χ1n) is 8.85. The fraction of sp³-hybridized carbons (Fsp3) is 0.333. The molecule has 0 saturated heterocycles. The number of para-hydroxylation sites is 1. The Bertz CT molecular complexity index is 880. The van der Waals surface area contributed by atoms with E-state index in [0.29, 0.717) is 24.4 Å². The maximum absolute atomic E-state index is 12.8. The van der Waals surface area contributed by atoms with E-state index in [2.05, 4.69) is 5.32 Å². The number of aryl methyl sites for hydroxylation is 1. The lowest BCUT2D eigenvalue weighted by Crippen LogP contribution is -2.61. The number of hydrogen-bond donors (Lipinski definition) is 1. The van der Waals surface area contributed by atoms with Crippen molar-refractivity contribution in [2.75, 3.05) is 25.6 Å². The minimum absolute atomic E-state index is 0.371. The van der Waals surface area contributed by atoms with E-state index in [0.717, 1.165) is 16.9 Å². The second-order valence-corrected chi connectivity index (χ2v) is 6.79. The first kappa shape index (κ1) is 18.8. The summed E-state index contributed by atoms with van der Waals surface area (Å²) in [5.41, 5.74) is 1.07. The molecular weight excluding hydrogens is 344 g/mol. The van der Waals surface area contributed by atoms with E-state index < -0.39 is 17.4 Å². The van der Waals surface area contributed by atoms with Crippen molar-refractivity contribution in [1.82, 2.24) is 5.32 Å². The summed E-state index contributed by atoms with van der Waals surface area (Å²) in [7, 11) is 3.27. The minimum atomic E-state index is -1.60. The lowest BCUT2D eigenvalue weighted by molar-refractivity contribution is -0.148. The molecule has 1 atom stereocenters. The van der Waals surface area contributed by atoms with Crippen molar-refractivity contribution in [2.45, 2.75) is 25.9 Å². The first-order valence-corrected chi connectivity index (χ1v) is 8.85. The Balaban J connectivity index is 1.72. The number of methoxy groups -OCH3 is 1. The Kier molecular flexibility index (Phi) is 5.08. The quantitative estimate of drug-likeness (QED) is 0.824. The van der Waals surface area contributed by atoms with E-state index in [-0.39, 0.29) is 0 Å². The Hall–Kier alpha value is -3.02. The van der Waals surface area contributed by atoms with Gasteiger partial charge in [0.05, 0.1) is 12.8 Å². The zero-order valence-electron chi connectivity index (χ0n) is 16.0. The molecule has 0 spiro atoms. The third-order valence-corrected chi connectivity index (χ3v) is 4.81. The van der Waals surface area contributed by atoms with E-state index in [1.54, 1.807) is 20.2 Å². The normalized spacial score (nSPS) is 18.5. The molecule has 0 saturated carbocycles. The van der Waals surface area contributed by atoms with E-state index in [1.165, 1.54) is 11.8 Å². The molecular formula is C21H24N2O4. The van der Waals surface area contributed by atoms with Crippen molar-refractivity contribution in [3.05, 3.63) is 53.6 Å². The molecule has 0 aromatic heterocycles. The van der Waals surface area contributed by atoms with Gasteiger partial charge in [-0.1, -0.05) is 24.3 Å². The van der Waals surface area contributed by atoms with Gasteiger partial charge in [0.2, 0.25) is 0 Å². The number of amides is 2. The third-order valence-electron chi connectivity index (χ3n) is 4.81. The summed E-state index contributed by atoms with van der Waals surface area (Å²) in [6.07, 6.45) is 0.589. The number of nitrogens with zero attached hydrogens (tertiary/aromatic N) is 1. The molecule has 1 heterocycles. The van der Waals surface area contributed by atoms with E-state index in [4.69, 9.17) is 9.47 Å². The van der Waals surface area contributed by atoms with Crippen LogP contribution in [0.15, 0.2) is 42.5 Å². The molecule has 2 aromatic rings. The minimum Gasteiger partial charge on any atom is -0.496 e. The first-order chi connectivity index (χ1) is 12.9. The van der Waals surface area contributed by atoms with Crippen LogP contribution in [0.25, 0.3) is 0 Å². The summed E-state index contributed by atoms with van der Waals surface area (Å²) < 4.78 is 11.2. The summed E-state index contributed by atoms with van der Waals surface area (Å²) in [6, 6.07) is 13.2. The van der Waals surface area contributed by atoms with Crippen LogP contribution < -0.4 is 19.7 Å². The van der Waals surface area contributed by atoms with Gasteiger partial charge < -0.3 is 19.7 Å². The molecule has 6 heteroatoms. The van der Waals surface area contributed by atoms with Gasteiger partial charge in [-0.2, -0.15) is 0 Å². The number of hydrogen-bond acceptors (Lipinski definition) is 4. The van der Waals surface area contributed by atoms with Gasteiger partial charge in [-0.15, -0.1) is 0 Å². The van der Waals surface area contributed by atoms with Crippen molar-refractivity contribution in [3.63, 3.8) is 0 Å². The van der Waals surface area contributed by atoms with Crippen LogP contribution in [-0.2, 0) is 16.0 Å². The molecule has 142 valence electrons. The fourth-order valence-electron chi connectivity index (χ4n) is 3.20. The summed E-state index contributed by atoms with van der Waals surface area (Å²) in [4.78, 5) is 27.1. The number of rotatable bonds is 5. The van der Waals surface area contributed by atoms with Gasteiger partial charge in [0, 0.05) is 13.6 Å². The maximum atomic E-state index is 12.8. The van der Waals surface area contributed by atoms with Gasteiger partial charge in [0.1, 0.15) is 11.5 Å². The zero-order chi connectivity index (χ0) is 19.6. The highest BCUT2D eigenvalue weighted by Crippen LogP contribution is 2.37. The van der Waals surface area contributed by atoms with Crippen LogP contribution in [0.3, 0.4) is 0 Å². The lowest BCUT2D eigenvalue weighted by Gasteiger charge is -2.38. The zero-order valence-corrected chi connectivity index (χ0v) is 16.0. The molecule has 2 amide bonds. The van der Waals surface area contributed by atoms with Crippen molar-refractivity contribution in [2.24, 2.45) is 0 Å². The van der Waals surface area contributed by atoms with Gasteiger partial charge in [-0.3, -0.25) is 9.59 Å². The van der Waals surface area contributed by atoms with Crippen LogP contribution in [0.1, 0.15) is 18.1 Å². The third kappa shape index (κ3) is 3.47. The largest absolute Gasteiger partial charge is 0.496 e. The van der Waals surface area contributed by atoms with Crippen molar-refractivity contribution < 1.29 is 19.1 Å². The summed E-state index contributed by atoms with van der Waals surface area (Å²) in [5, 5.41) is 2.82. The molecule has 0 aliphatic carbocycles. The molecule has 27 heavy (non-hydrogen) atoms. The molecule has 3 rings (SSSR count). The van der Waals surface area contributed by atoms with E-state index >= 15 is 0 Å². The number of likely N-dealkylation sites (N-methyl/N-ethyl adjacent to an activating group) is 1. The summed E-state index contributed by atoms with van der Waals surface area (Å²) in [6.45, 7) is 3.82. The monoisotopic (exact) mass is 368 g/mol. The maximum Gasteiger partial charge on any atom is 0.280 e.